The van der Waals surface area contributed by atoms with Gasteiger partial charge in [0.1, 0.15) is 11.6 Å². The van der Waals surface area contributed by atoms with Gasteiger partial charge in [0.2, 0.25) is 0 Å². The largest absolute Gasteiger partial charge is 0.340 e. The van der Waals surface area contributed by atoms with Crippen LogP contribution in [-0.2, 0) is 6.54 Å². The number of nitrogens with zero attached hydrogens (tertiary/aromatic N) is 1. The first kappa shape index (κ1) is 13.9. The maximum Gasteiger partial charge on any atom is 0.185 e. The Morgan fingerprint density at radius 3 is 2.71 bits per heavy atom. The molecule has 5 heteroatoms. The van der Waals surface area contributed by atoms with E-state index in [0.29, 0.717) is 0 Å². The lowest BCUT2D eigenvalue weighted by Gasteiger charge is -2.06. The van der Waals surface area contributed by atoms with Crippen LogP contribution in [0.2, 0.25) is 0 Å². The van der Waals surface area contributed by atoms with Crippen LogP contribution in [0.5, 0.6) is 0 Å². The Bertz CT molecular complexity index is 841. The van der Waals surface area contributed by atoms with Crippen molar-refractivity contribution in [1.82, 2.24) is 4.57 Å². The molecule has 0 saturated heterocycles. The Kier molecular flexibility index (Phi) is 3.59. The van der Waals surface area contributed by atoms with E-state index in [1.807, 2.05) is 24.3 Å². The summed E-state index contributed by atoms with van der Waals surface area (Å²) in [5, 5.41) is 0.969. The van der Waals surface area contributed by atoms with Crippen molar-refractivity contribution in [3.05, 3.63) is 70.3 Å². The van der Waals surface area contributed by atoms with E-state index in [1.54, 1.807) is 10.8 Å². The molecular weight excluding hydrogens is 340 g/mol. The molecule has 0 aliphatic heterocycles. The fourth-order valence-corrected chi connectivity index (χ4v) is 2.64. The number of fused-ring (bicyclic) bond motifs is 1. The lowest BCUT2D eigenvalue weighted by Crippen LogP contribution is -2.11. The van der Waals surface area contributed by atoms with Crippen LogP contribution < -0.4 is 0 Å². The van der Waals surface area contributed by atoms with Gasteiger partial charge in [0.25, 0.3) is 0 Å². The number of ketones is 1. The summed E-state index contributed by atoms with van der Waals surface area (Å²) in [6.07, 6.45) is 1.76. The fourth-order valence-electron chi connectivity index (χ4n) is 2.26. The van der Waals surface area contributed by atoms with Gasteiger partial charge in [-0.2, -0.15) is 0 Å². The molecular formula is C16H10BrF2NO. The summed E-state index contributed by atoms with van der Waals surface area (Å²) in [5.41, 5.74) is 0.636. The molecule has 21 heavy (non-hydrogen) atoms. The summed E-state index contributed by atoms with van der Waals surface area (Å²) in [6, 6.07) is 10.4. The maximum absolute atomic E-state index is 13.6. The summed E-state index contributed by atoms with van der Waals surface area (Å²) < 4.78 is 29.4. The van der Waals surface area contributed by atoms with Gasteiger partial charge in [0.15, 0.2) is 5.78 Å². The van der Waals surface area contributed by atoms with Gasteiger partial charge in [-0.3, -0.25) is 4.79 Å². The molecule has 3 aromatic rings. The smallest absolute Gasteiger partial charge is 0.185 e. The Balaban J connectivity index is 1.95. The van der Waals surface area contributed by atoms with Crippen LogP contribution in [0.25, 0.3) is 10.9 Å². The van der Waals surface area contributed by atoms with E-state index in [4.69, 9.17) is 0 Å². The Hall–Kier alpha value is -2.01. The predicted octanol–water partition coefficient (Wildman–Crippen LogP) is 4.56. The summed E-state index contributed by atoms with van der Waals surface area (Å²) in [6.45, 7) is -0.0362. The van der Waals surface area contributed by atoms with Gasteiger partial charge in [-0.1, -0.05) is 15.9 Å². The van der Waals surface area contributed by atoms with Crippen molar-refractivity contribution in [2.75, 3.05) is 0 Å². The highest BCUT2D eigenvalue weighted by Gasteiger charge is 2.14. The van der Waals surface area contributed by atoms with Gasteiger partial charge in [0.05, 0.1) is 12.1 Å². The highest BCUT2D eigenvalue weighted by atomic mass is 79.9. The minimum Gasteiger partial charge on any atom is -0.340 e. The van der Waals surface area contributed by atoms with Crippen LogP contribution in [0, 0.1) is 11.6 Å². The second-order valence-corrected chi connectivity index (χ2v) is 5.61. The number of Topliss-reactive ketones (excluding diaryl/α,β-unsaturated/α-hetero) is 1. The summed E-state index contributed by atoms with van der Waals surface area (Å²) in [7, 11) is 0. The third kappa shape index (κ3) is 2.74. The zero-order valence-corrected chi connectivity index (χ0v) is 12.4. The highest BCUT2D eigenvalue weighted by Crippen LogP contribution is 2.21. The number of benzene rings is 2. The van der Waals surface area contributed by atoms with Gasteiger partial charge in [-0.25, -0.2) is 8.78 Å². The number of carbonyl (C=O) groups excluding carboxylic acids is 1. The minimum atomic E-state index is -0.708. The van der Waals surface area contributed by atoms with Crippen molar-refractivity contribution in [3.63, 3.8) is 0 Å². The van der Waals surface area contributed by atoms with E-state index in [2.05, 4.69) is 15.9 Å². The molecule has 0 spiro atoms. The maximum atomic E-state index is 13.6. The van der Waals surface area contributed by atoms with E-state index in [0.717, 1.165) is 33.6 Å². The van der Waals surface area contributed by atoms with Crippen LogP contribution in [0.4, 0.5) is 8.78 Å². The molecule has 1 aromatic heterocycles. The van der Waals surface area contributed by atoms with Crippen LogP contribution in [0.1, 0.15) is 10.4 Å². The van der Waals surface area contributed by atoms with Crippen LogP contribution in [-0.4, -0.2) is 10.4 Å². The van der Waals surface area contributed by atoms with Crippen LogP contribution >= 0.6 is 15.9 Å². The molecule has 0 unspecified atom stereocenters. The van der Waals surface area contributed by atoms with Crippen molar-refractivity contribution in [3.8, 4) is 0 Å². The molecule has 0 atom stereocenters. The van der Waals surface area contributed by atoms with Gasteiger partial charge in [-0.15, -0.1) is 0 Å². The monoisotopic (exact) mass is 349 g/mol. The zero-order valence-electron chi connectivity index (χ0n) is 10.8. The van der Waals surface area contributed by atoms with E-state index in [-0.39, 0.29) is 12.1 Å². The Labute approximate surface area is 128 Å². The lowest BCUT2D eigenvalue weighted by molar-refractivity contribution is 0.0969. The van der Waals surface area contributed by atoms with E-state index in [9.17, 15) is 13.6 Å². The Morgan fingerprint density at radius 2 is 1.90 bits per heavy atom. The summed E-state index contributed by atoms with van der Waals surface area (Å²) >= 11 is 3.38. The fraction of sp³-hybridized carbons (Fsp3) is 0.0625. The highest BCUT2D eigenvalue weighted by molar-refractivity contribution is 9.10. The second kappa shape index (κ2) is 5.41. The third-order valence-electron chi connectivity index (χ3n) is 3.28. The summed E-state index contributed by atoms with van der Waals surface area (Å²) in [4.78, 5) is 12.2. The zero-order chi connectivity index (χ0) is 15.0. The molecule has 0 fully saturated rings. The average Bonchev–Trinajstić information content (AvgIpc) is 2.83. The normalized spacial score (nSPS) is 11.0. The molecule has 2 nitrogen and oxygen atoms in total. The van der Waals surface area contributed by atoms with E-state index < -0.39 is 17.4 Å². The van der Waals surface area contributed by atoms with Crippen molar-refractivity contribution in [2.24, 2.45) is 0 Å². The molecule has 2 aromatic carbocycles. The number of rotatable bonds is 3. The molecule has 0 aliphatic rings. The molecule has 1 heterocycles. The number of hydrogen-bond acceptors (Lipinski definition) is 1. The SMILES string of the molecule is O=C(Cn1ccc2cc(Br)ccc21)c1cc(F)ccc1F. The first-order valence-corrected chi connectivity index (χ1v) is 7.06. The molecule has 3 rings (SSSR count). The van der Waals surface area contributed by atoms with Crippen LogP contribution in [0.15, 0.2) is 53.1 Å². The number of hydrogen-bond donors (Lipinski definition) is 0. The quantitative estimate of drug-likeness (QED) is 0.635. The van der Waals surface area contributed by atoms with Crippen molar-refractivity contribution in [1.29, 1.82) is 0 Å². The average molecular weight is 350 g/mol. The molecule has 0 radical (unpaired) electrons. The molecule has 0 aliphatic carbocycles. The number of aromatic nitrogens is 1. The number of halogens is 3. The first-order chi connectivity index (χ1) is 10.0. The minimum absolute atomic E-state index is 0.0362. The van der Waals surface area contributed by atoms with E-state index in [1.165, 1.54) is 0 Å². The van der Waals surface area contributed by atoms with E-state index >= 15 is 0 Å². The predicted molar refractivity (Wildman–Crippen MR) is 80.3 cm³/mol. The molecule has 0 bridgehead atoms. The first-order valence-electron chi connectivity index (χ1n) is 6.27. The van der Waals surface area contributed by atoms with Gasteiger partial charge >= 0.3 is 0 Å². The molecule has 106 valence electrons. The van der Waals surface area contributed by atoms with Gasteiger partial charge in [-0.05, 0) is 42.5 Å². The molecule has 0 saturated carbocycles. The van der Waals surface area contributed by atoms with Crippen molar-refractivity contribution in [2.45, 2.75) is 6.54 Å². The van der Waals surface area contributed by atoms with Crippen molar-refractivity contribution >= 4 is 32.6 Å². The van der Waals surface area contributed by atoms with Crippen LogP contribution in [0.3, 0.4) is 0 Å². The Morgan fingerprint density at radius 1 is 1.10 bits per heavy atom. The van der Waals surface area contributed by atoms with Crippen molar-refractivity contribution < 1.29 is 13.6 Å². The molecule has 0 N–H and O–H groups in total. The summed E-state index contributed by atoms with van der Waals surface area (Å²) in [5.74, 6) is -1.80. The third-order valence-corrected chi connectivity index (χ3v) is 3.77. The number of carbonyl (C=O) groups is 1. The second-order valence-electron chi connectivity index (χ2n) is 4.69. The van der Waals surface area contributed by atoms with Gasteiger partial charge < -0.3 is 4.57 Å². The van der Waals surface area contributed by atoms with Gasteiger partial charge in [0, 0.05) is 21.6 Å². The topological polar surface area (TPSA) is 22.0 Å². The standard InChI is InChI=1S/C16H10BrF2NO/c17-11-1-4-15-10(7-11)5-6-20(15)9-16(21)13-8-12(18)2-3-14(13)19/h1-8H,9H2. The lowest BCUT2D eigenvalue weighted by atomic mass is 10.1. The molecule has 0 amide bonds.